The molecule has 0 unspecified atom stereocenters. The van der Waals surface area contributed by atoms with Gasteiger partial charge in [0.2, 0.25) is 0 Å². The molecule has 4 nitrogen and oxygen atoms in total. The zero-order chi connectivity index (χ0) is 3.54. The van der Waals surface area contributed by atoms with Crippen molar-refractivity contribution in [2.24, 2.45) is 20.7 Å². The van der Waals surface area contributed by atoms with Gasteiger partial charge in [-0.15, -0.1) is 10.2 Å². The summed E-state index contributed by atoms with van der Waals surface area (Å²) in [4.78, 5) is 0. The molecule has 6 heavy (non-hydrogen) atoms. The van der Waals surface area contributed by atoms with E-state index in [1.54, 1.807) is 0 Å². The molecule has 0 aliphatic carbocycles. The summed E-state index contributed by atoms with van der Waals surface area (Å²) >= 11 is 0. The molecule has 0 fully saturated rings. The van der Waals surface area contributed by atoms with Crippen LogP contribution in [0.4, 0.5) is 0 Å². The van der Waals surface area contributed by atoms with Crippen LogP contribution in [0.2, 0.25) is 0 Å². The van der Waals surface area contributed by atoms with Gasteiger partial charge in [-0.3, -0.25) is 0 Å². The average Bonchev–Trinajstić information content (AvgIpc) is 1.76. The molecule has 0 bridgehead atoms. The molecule has 0 amide bonds. The van der Waals surface area contributed by atoms with E-state index in [4.69, 9.17) is 0 Å². The Morgan fingerprint density at radius 3 is 1.67 bits per heavy atom. The Balaban J connectivity index is 0.000000250. The van der Waals surface area contributed by atoms with Gasteiger partial charge in [0.1, 0.15) is 0 Å². The molecule has 0 saturated carbocycles. The molecule has 0 radical (unpaired) electrons. The van der Waals surface area contributed by atoms with Crippen LogP contribution >= 0.6 is 0 Å². The number of hydrogen-bond acceptors (Lipinski definition) is 4. The van der Waals surface area contributed by atoms with Crippen molar-refractivity contribution in [1.29, 1.82) is 0 Å². The van der Waals surface area contributed by atoms with E-state index < -0.39 is 0 Å². The Morgan fingerprint density at radius 1 is 1.00 bits per heavy atom. The fourth-order valence-electron chi connectivity index (χ4n) is 0.141. The fourth-order valence-corrected chi connectivity index (χ4v) is 0.141. The second-order valence-corrected chi connectivity index (χ2v) is 0.603. The molecule has 0 aromatic heterocycles. The SMILES string of the molecule is C1N=NN=N1.[SrH2]. The van der Waals surface area contributed by atoms with Crippen molar-refractivity contribution in [3.63, 3.8) is 0 Å². The summed E-state index contributed by atoms with van der Waals surface area (Å²) in [6.07, 6.45) is 0. The van der Waals surface area contributed by atoms with Crippen molar-refractivity contribution in [1.82, 2.24) is 0 Å². The summed E-state index contributed by atoms with van der Waals surface area (Å²) < 4.78 is 0. The minimum atomic E-state index is 0. The van der Waals surface area contributed by atoms with Crippen LogP contribution in [0, 0.1) is 0 Å². The molecule has 5 heteroatoms. The Bertz CT molecular complexity index is 65.6. The average molecular weight is 160 g/mol. The van der Waals surface area contributed by atoms with Gasteiger partial charge in [-0.2, -0.15) is 0 Å². The molecule has 1 aliphatic rings. The van der Waals surface area contributed by atoms with Crippen LogP contribution in [0.5, 0.6) is 0 Å². The molecule has 30 valence electrons. The maximum absolute atomic E-state index is 3.38. The van der Waals surface area contributed by atoms with Crippen LogP contribution in [0.1, 0.15) is 0 Å². The Hall–Kier alpha value is 0.681. The molecule has 0 aromatic rings. The molecule has 0 atom stereocenters. The molecule has 0 saturated heterocycles. The van der Waals surface area contributed by atoms with Crippen molar-refractivity contribution in [2.45, 2.75) is 0 Å². The topological polar surface area (TPSA) is 49.4 Å². The second kappa shape index (κ2) is 3.86. The first kappa shape index (κ1) is 6.68. The summed E-state index contributed by atoms with van der Waals surface area (Å²) in [6, 6.07) is 0. The van der Waals surface area contributed by atoms with E-state index in [-0.39, 0.29) is 45.5 Å². The van der Waals surface area contributed by atoms with Crippen LogP contribution in [-0.2, 0) is 0 Å². The van der Waals surface area contributed by atoms with E-state index in [2.05, 4.69) is 20.7 Å². The monoisotopic (exact) mass is 160 g/mol. The van der Waals surface area contributed by atoms with Crippen molar-refractivity contribution in [3.05, 3.63) is 0 Å². The number of hydrogen-bond donors (Lipinski definition) is 0. The van der Waals surface area contributed by atoms with Gasteiger partial charge in [0.05, 0.1) is 0 Å². The molecular formula is CH4N4Sr. The van der Waals surface area contributed by atoms with Crippen LogP contribution in [0.25, 0.3) is 0 Å². The summed E-state index contributed by atoms with van der Waals surface area (Å²) in [7, 11) is 0. The minimum absolute atomic E-state index is 0. The third kappa shape index (κ3) is 1.96. The third-order valence-electron chi connectivity index (χ3n) is 0.293. The van der Waals surface area contributed by atoms with E-state index in [9.17, 15) is 0 Å². The fraction of sp³-hybridized carbons (Fsp3) is 1.00. The Morgan fingerprint density at radius 2 is 1.50 bits per heavy atom. The quantitative estimate of drug-likeness (QED) is 0.442. The molecule has 0 spiro atoms. The predicted octanol–water partition coefficient (Wildman–Crippen LogP) is -0.139. The first-order chi connectivity index (χ1) is 2.50. The molecule has 1 heterocycles. The summed E-state index contributed by atoms with van der Waals surface area (Å²) in [6.45, 7) is 0.417. The Labute approximate surface area is 72.0 Å². The summed E-state index contributed by atoms with van der Waals surface area (Å²) in [5, 5.41) is 13.1. The molecule has 1 rings (SSSR count). The van der Waals surface area contributed by atoms with Gasteiger partial charge in [-0.1, -0.05) is 0 Å². The van der Waals surface area contributed by atoms with Gasteiger partial charge in [-0.05, 0) is 10.4 Å². The second-order valence-electron chi connectivity index (χ2n) is 0.603. The predicted molar refractivity (Wildman–Crippen MR) is 23.1 cm³/mol. The number of rotatable bonds is 0. The molecule has 0 aromatic carbocycles. The van der Waals surface area contributed by atoms with Crippen LogP contribution in [0.15, 0.2) is 20.7 Å². The van der Waals surface area contributed by atoms with Gasteiger partial charge in [-0.25, -0.2) is 0 Å². The normalized spacial score (nSPS) is 14.7. The first-order valence-electron chi connectivity index (χ1n) is 1.23. The van der Waals surface area contributed by atoms with Crippen molar-refractivity contribution >= 4 is 45.5 Å². The van der Waals surface area contributed by atoms with Gasteiger partial charge < -0.3 is 0 Å². The van der Waals surface area contributed by atoms with Gasteiger partial charge >= 0.3 is 45.5 Å². The Kier molecular flexibility index (Phi) is 4.29. The van der Waals surface area contributed by atoms with Crippen LogP contribution in [0.3, 0.4) is 0 Å². The van der Waals surface area contributed by atoms with E-state index in [1.165, 1.54) is 0 Å². The third-order valence-corrected chi connectivity index (χ3v) is 0.293. The summed E-state index contributed by atoms with van der Waals surface area (Å²) in [5.41, 5.74) is 0. The first-order valence-corrected chi connectivity index (χ1v) is 1.23. The van der Waals surface area contributed by atoms with Crippen LogP contribution < -0.4 is 0 Å². The molecular weight excluding hydrogens is 156 g/mol. The van der Waals surface area contributed by atoms with E-state index in [1.807, 2.05) is 0 Å². The zero-order valence-corrected chi connectivity index (χ0v) is 2.50. The molecule has 0 N–H and O–H groups in total. The van der Waals surface area contributed by atoms with E-state index >= 15 is 0 Å². The number of nitrogens with zero attached hydrogens (tertiary/aromatic N) is 4. The molecule has 1 aliphatic heterocycles. The van der Waals surface area contributed by atoms with Gasteiger partial charge in [0, 0.05) is 0 Å². The summed E-state index contributed by atoms with van der Waals surface area (Å²) in [5.74, 6) is 0. The van der Waals surface area contributed by atoms with Crippen molar-refractivity contribution in [2.75, 3.05) is 6.67 Å². The zero-order valence-electron chi connectivity index (χ0n) is 2.50. The van der Waals surface area contributed by atoms with E-state index in [0.29, 0.717) is 6.67 Å². The van der Waals surface area contributed by atoms with Gasteiger partial charge in [0.15, 0.2) is 6.67 Å². The van der Waals surface area contributed by atoms with Crippen LogP contribution in [-0.4, -0.2) is 52.2 Å². The van der Waals surface area contributed by atoms with Crippen molar-refractivity contribution in [3.8, 4) is 0 Å². The maximum atomic E-state index is 3.38. The van der Waals surface area contributed by atoms with E-state index in [0.717, 1.165) is 0 Å². The van der Waals surface area contributed by atoms with Crippen molar-refractivity contribution < 1.29 is 0 Å². The standard InChI is InChI=1S/CH2N4.Sr.2H/c1-2-4-5-3-1;;;/h1H2;;;. The van der Waals surface area contributed by atoms with Gasteiger partial charge in [0.25, 0.3) is 0 Å².